The van der Waals surface area contributed by atoms with Gasteiger partial charge >= 0.3 is 0 Å². The summed E-state index contributed by atoms with van der Waals surface area (Å²) >= 11 is 0. The number of carbonyl (C=O) groups excluding carboxylic acids is 1. The zero-order chi connectivity index (χ0) is 25.0. The molecule has 0 radical (unpaired) electrons. The van der Waals surface area contributed by atoms with Gasteiger partial charge in [0.1, 0.15) is 31.7 Å². The molecule has 0 N–H and O–H groups in total. The van der Waals surface area contributed by atoms with E-state index in [9.17, 15) is 9.18 Å². The van der Waals surface area contributed by atoms with E-state index >= 15 is 0 Å². The summed E-state index contributed by atoms with van der Waals surface area (Å²) in [5, 5.41) is 0. The zero-order valence-corrected chi connectivity index (χ0v) is 20.5. The summed E-state index contributed by atoms with van der Waals surface area (Å²) in [5.41, 5.74) is 0.574. The van der Waals surface area contributed by atoms with Crippen molar-refractivity contribution < 1.29 is 32.9 Å². The maximum atomic E-state index is 13.2. The van der Waals surface area contributed by atoms with E-state index in [1.165, 1.54) is 31.3 Å². The molecule has 0 aromatic carbocycles. The lowest BCUT2D eigenvalue weighted by Gasteiger charge is -2.30. The van der Waals surface area contributed by atoms with Crippen LogP contribution in [-0.2, 0) is 25.4 Å². The molecule has 10 heteroatoms. The average molecular weight is 492 g/mol. The highest BCUT2D eigenvalue weighted by Crippen LogP contribution is 2.27. The number of pyridine rings is 2. The summed E-state index contributed by atoms with van der Waals surface area (Å²) in [6, 6.07) is 6.24. The molecule has 0 saturated heterocycles. The van der Waals surface area contributed by atoms with Gasteiger partial charge in [-0.2, -0.15) is 0 Å². The van der Waals surface area contributed by atoms with Crippen LogP contribution in [0, 0.1) is 11.7 Å². The molecule has 192 valence electrons. The summed E-state index contributed by atoms with van der Waals surface area (Å²) in [6.07, 6.45) is 6.44. The first kappa shape index (κ1) is 26.8. The maximum Gasteiger partial charge on any atom is 0.232 e. The third-order valence-corrected chi connectivity index (χ3v) is 5.77. The van der Waals surface area contributed by atoms with Crippen molar-refractivity contribution in [2.24, 2.45) is 5.92 Å². The highest BCUT2D eigenvalue weighted by molar-refractivity contribution is 5.78. The number of halogens is 1. The van der Waals surface area contributed by atoms with E-state index in [0.717, 1.165) is 37.8 Å². The van der Waals surface area contributed by atoms with E-state index in [1.54, 1.807) is 12.3 Å². The van der Waals surface area contributed by atoms with Crippen molar-refractivity contribution in [1.29, 1.82) is 0 Å². The number of methoxy groups -OCH3 is 2. The highest BCUT2D eigenvalue weighted by atomic mass is 19.1. The van der Waals surface area contributed by atoms with Crippen molar-refractivity contribution in [1.82, 2.24) is 14.9 Å². The van der Waals surface area contributed by atoms with Crippen molar-refractivity contribution >= 4 is 5.91 Å². The van der Waals surface area contributed by atoms with Gasteiger partial charge in [-0.3, -0.25) is 14.7 Å². The van der Waals surface area contributed by atoms with Gasteiger partial charge in [0.25, 0.3) is 0 Å². The fraction of sp³-hybridized carbons (Fsp3) is 0.560. The van der Waals surface area contributed by atoms with Gasteiger partial charge in [-0.05, 0) is 43.7 Å². The first-order valence-electron chi connectivity index (χ1n) is 11.7. The highest BCUT2D eigenvalue weighted by Gasteiger charge is 2.26. The Bertz CT molecular complexity index is 908. The second kappa shape index (κ2) is 13.9. The van der Waals surface area contributed by atoms with Gasteiger partial charge < -0.3 is 23.7 Å². The fourth-order valence-corrected chi connectivity index (χ4v) is 3.86. The van der Waals surface area contributed by atoms with Gasteiger partial charge in [0.2, 0.25) is 11.8 Å². The summed E-state index contributed by atoms with van der Waals surface area (Å²) in [5.74, 6) is 0.893. The van der Waals surface area contributed by atoms with E-state index in [4.69, 9.17) is 23.7 Å². The zero-order valence-electron chi connectivity index (χ0n) is 20.5. The van der Waals surface area contributed by atoms with Crippen LogP contribution in [-0.4, -0.2) is 67.5 Å². The lowest BCUT2D eigenvalue weighted by Crippen LogP contribution is -2.47. The Kier molecular flexibility index (Phi) is 10.6. The molecule has 1 fully saturated rings. The third-order valence-electron chi connectivity index (χ3n) is 5.77. The Labute approximate surface area is 205 Å². The van der Waals surface area contributed by atoms with Crippen molar-refractivity contribution in [3.05, 3.63) is 48.2 Å². The standard InChI is InChI=1S/C25H34FN3O6/c1-18-4-7-21(8-5-18)35-22-10-11-27-20(12-22)13-24(30)29(16-31-2)25(34-17-32-3)15-33-23-9-6-19(26)14-28-23/h6,9-12,14,18,21,25H,4-5,7-8,13,15-17H2,1-3H3/t18?,21?,25-/m1/s1. The van der Waals surface area contributed by atoms with E-state index in [1.807, 2.05) is 6.07 Å². The predicted octanol–water partition coefficient (Wildman–Crippen LogP) is 3.57. The van der Waals surface area contributed by atoms with E-state index in [2.05, 4.69) is 16.9 Å². The lowest BCUT2D eigenvalue weighted by molar-refractivity contribution is -0.178. The lowest BCUT2D eigenvalue weighted by atomic mass is 9.89. The fourth-order valence-electron chi connectivity index (χ4n) is 3.86. The number of amides is 1. The van der Waals surface area contributed by atoms with Gasteiger partial charge in [-0.1, -0.05) is 6.92 Å². The molecule has 1 aliphatic carbocycles. The minimum absolute atomic E-state index is 0.0178. The Balaban J connectivity index is 1.65. The molecule has 0 aliphatic heterocycles. The van der Waals surface area contributed by atoms with Crippen molar-refractivity contribution in [3.63, 3.8) is 0 Å². The molecule has 0 unspecified atom stereocenters. The van der Waals surface area contributed by atoms with Crippen LogP contribution in [0.3, 0.4) is 0 Å². The molecule has 2 aromatic rings. The largest absolute Gasteiger partial charge is 0.490 e. The van der Waals surface area contributed by atoms with Gasteiger partial charge in [0, 0.05) is 32.5 Å². The predicted molar refractivity (Wildman–Crippen MR) is 125 cm³/mol. The molecular weight excluding hydrogens is 457 g/mol. The van der Waals surface area contributed by atoms with Crippen LogP contribution in [0.25, 0.3) is 0 Å². The number of hydrogen-bond donors (Lipinski definition) is 0. The number of hydrogen-bond acceptors (Lipinski definition) is 8. The van der Waals surface area contributed by atoms with E-state index in [0.29, 0.717) is 11.4 Å². The van der Waals surface area contributed by atoms with Crippen molar-refractivity contribution in [3.8, 4) is 11.6 Å². The van der Waals surface area contributed by atoms with Crippen LogP contribution in [0.5, 0.6) is 11.6 Å². The van der Waals surface area contributed by atoms with Gasteiger partial charge in [-0.15, -0.1) is 0 Å². The topological polar surface area (TPSA) is 92.2 Å². The summed E-state index contributed by atoms with van der Waals surface area (Å²) in [4.78, 5) is 22.8. The summed E-state index contributed by atoms with van der Waals surface area (Å²) in [7, 11) is 2.96. The molecule has 2 aromatic heterocycles. The van der Waals surface area contributed by atoms with Crippen LogP contribution in [0.15, 0.2) is 36.7 Å². The molecule has 3 rings (SSSR count). The second-order valence-corrected chi connectivity index (χ2v) is 8.59. The Hall–Kier alpha value is -2.82. The SMILES string of the molecule is COCO[C@H](COc1ccc(F)cn1)N(COC)C(=O)Cc1cc(OC2CCC(C)CC2)ccn1. The minimum Gasteiger partial charge on any atom is -0.490 e. The molecule has 1 atom stereocenters. The van der Waals surface area contributed by atoms with Crippen molar-refractivity contribution in [2.75, 3.05) is 34.4 Å². The number of nitrogens with zero attached hydrogens (tertiary/aromatic N) is 3. The molecule has 0 spiro atoms. The van der Waals surface area contributed by atoms with Gasteiger partial charge in [-0.25, -0.2) is 9.37 Å². The van der Waals surface area contributed by atoms with E-state index < -0.39 is 12.0 Å². The van der Waals surface area contributed by atoms with Crippen LogP contribution >= 0.6 is 0 Å². The quantitative estimate of drug-likeness (QED) is 0.393. The minimum atomic E-state index is -0.835. The molecule has 35 heavy (non-hydrogen) atoms. The second-order valence-electron chi connectivity index (χ2n) is 8.59. The normalized spacial score (nSPS) is 18.6. The Morgan fingerprint density at radius 3 is 2.63 bits per heavy atom. The van der Waals surface area contributed by atoms with Crippen molar-refractivity contribution in [2.45, 2.75) is 51.4 Å². The molecule has 1 aliphatic rings. The smallest absolute Gasteiger partial charge is 0.232 e. The molecule has 9 nitrogen and oxygen atoms in total. The molecule has 1 amide bonds. The van der Waals surface area contributed by atoms with Gasteiger partial charge in [0.15, 0.2) is 6.23 Å². The Morgan fingerprint density at radius 1 is 1.14 bits per heavy atom. The third kappa shape index (κ3) is 8.72. The monoisotopic (exact) mass is 491 g/mol. The van der Waals surface area contributed by atoms with Crippen LogP contribution < -0.4 is 9.47 Å². The summed E-state index contributed by atoms with van der Waals surface area (Å²) < 4.78 is 40.8. The van der Waals surface area contributed by atoms with Crippen LogP contribution in [0.4, 0.5) is 4.39 Å². The average Bonchev–Trinajstić information content (AvgIpc) is 2.85. The number of carbonyl (C=O) groups is 1. The van der Waals surface area contributed by atoms with Gasteiger partial charge in [0.05, 0.1) is 24.4 Å². The number of aromatic nitrogens is 2. The summed E-state index contributed by atoms with van der Waals surface area (Å²) in [6.45, 7) is 2.10. The Morgan fingerprint density at radius 2 is 1.94 bits per heavy atom. The molecule has 1 saturated carbocycles. The first-order chi connectivity index (χ1) is 17.0. The first-order valence-corrected chi connectivity index (χ1v) is 11.7. The number of rotatable bonds is 13. The number of ether oxygens (including phenoxy) is 5. The molecular formula is C25H34FN3O6. The van der Waals surface area contributed by atoms with Crippen LogP contribution in [0.1, 0.15) is 38.3 Å². The molecule has 0 bridgehead atoms. The van der Waals surface area contributed by atoms with Crippen LogP contribution in [0.2, 0.25) is 0 Å². The van der Waals surface area contributed by atoms with E-state index in [-0.39, 0.29) is 44.4 Å². The maximum absolute atomic E-state index is 13.2. The molecule has 2 heterocycles.